The molecule has 3 rings (SSSR count). The third-order valence-electron chi connectivity index (χ3n) is 4.22. The van der Waals surface area contributed by atoms with E-state index in [1.54, 1.807) is 6.07 Å². The number of benzene rings is 2. The van der Waals surface area contributed by atoms with Crippen LogP contribution in [0.5, 0.6) is 17.2 Å². The number of methoxy groups -OCH3 is 1. The molecule has 1 heterocycles. The largest absolute Gasteiger partial charge is 0.493 e. The van der Waals surface area contributed by atoms with E-state index in [0.717, 1.165) is 34.9 Å². The molecule has 0 bridgehead atoms. The highest BCUT2D eigenvalue weighted by molar-refractivity contribution is 8.26. The number of ether oxygens (including phenoxy) is 2. The first kappa shape index (κ1) is 23.6. The van der Waals surface area contributed by atoms with Gasteiger partial charge in [0.25, 0.3) is 11.6 Å². The van der Waals surface area contributed by atoms with Crippen molar-refractivity contribution in [1.29, 1.82) is 0 Å². The predicted molar refractivity (Wildman–Crippen MR) is 120 cm³/mol. The van der Waals surface area contributed by atoms with Gasteiger partial charge in [-0.05, 0) is 29.8 Å². The van der Waals surface area contributed by atoms with Gasteiger partial charge in [-0.15, -0.1) is 0 Å². The highest BCUT2D eigenvalue weighted by Crippen LogP contribution is 2.39. The monoisotopic (exact) mass is 491 g/mol. The Morgan fingerprint density at radius 1 is 1.15 bits per heavy atom. The van der Waals surface area contributed by atoms with Gasteiger partial charge in [0.2, 0.25) is 5.75 Å². The van der Waals surface area contributed by atoms with E-state index in [2.05, 4.69) is 0 Å². The van der Waals surface area contributed by atoms with Gasteiger partial charge in [0.15, 0.2) is 11.5 Å². The Morgan fingerprint density at radius 2 is 1.85 bits per heavy atom. The molecule has 2 aromatic carbocycles. The van der Waals surface area contributed by atoms with Gasteiger partial charge in [-0.3, -0.25) is 34.7 Å². The summed E-state index contributed by atoms with van der Waals surface area (Å²) in [6.07, 6.45) is 1.46. The van der Waals surface area contributed by atoms with E-state index in [1.807, 2.05) is 0 Å². The van der Waals surface area contributed by atoms with E-state index >= 15 is 0 Å². The van der Waals surface area contributed by atoms with Gasteiger partial charge >= 0.3 is 11.7 Å². The van der Waals surface area contributed by atoms with Crippen LogP contribution in [-0.4, -0.2) is 49.7 Å². The van der Waals surface area contributed by atoms with Crippen LogP contribution in [0.15, 0.2) is 41.3 Å². The Labute approximate surface area is 194 Å². The first-order valence-corrected chi connectivity index (χ1v) is 10.1. The second-order valence-corrected chi connectivity index (χ2v) is 8.02. The maximum Gasteiger partial charge on any atom is 0.323 e. The third kappa shape index (κ3) is 5.24. The summed E-state index contributed by atoms with van der Waals surface area (Å²) in [5, 5.41) is 31.2. The molecule has 1 aliphatic rings. The van der Waals surface area contributed by atoms with Crippen molar-refractivity contribution in [3.63, 3.8) is 0 Å². The minimum atomic E-state index is -1.21. The minimum Gasteiger partial charge on any atom is -0.493 e. The molecule has 0 saturated carbocycles. The second-order valence-electron chi connectivity index (χ2n) is 6.34. The van der Waals surface area contributed by atoms with Crippen LogP contribution in [0.4, 0.5) is 11.4 Å². The quantitative estimate of drug-likeness (QED) is 0.248. The molecule has 33 heavy (non-hydrogen) atoms. The lowest BCUT2D eigenvalue weighted by Crippen LogP contribution is -2.33. The average molecular weight is 491 g/mol. The van der Waals surface area contributed by atoms with Gasteiger partial charge in [0, 0.05) is 6.07 Å². The molecule has 0 aliphatic carbocycles. The van der Waals surface area contributed by atoms with Gasteiger partial charge in [-0.25, -0.2) is 0 Å². The van der Waals surface area contributed by atoms with Gasteiger partial charge in [-0.2, -0.15) is 0 Å². The van der Waals surface area contributed by atoms with Crippen LogP contribution in [0, 0.1) is 20.2 Å². The number of thioether (sulfide) groups is 1. The number of carbonyl (C=O) groups is 2. The fraction of sp³-hybridized carbons (Fsp3) is 0.105. The Morgan fingerprint density at radius 3 is 2.45 bits per heavy atom. The van der Waals surface area contributed by atoms with E-state index in [9.17, 15) is 29.8 Å². The van der Waals surface area contributed by atoms with E-state index in [4.69, 9.17) is 26.8 Å². The van der Waals surface area contributed by atoms with Gasteiger partial charge in [0.05, 0.1) is 27.9 Å². The minimum absolute atomic E-state index is 0.0456. The number of thiocarbonyl (C=S) groups is 1. The molecule has 14 heteroatoms. The van der Waals surface area contributed by atoms with E-state index in [0.29, 0.717) is 5.56 Å². The van der Waals surface area contributed by atoms with Crippen molar-refractivity contribution in [2.45, 2.75) is 0 Å². The number of nitro groups is 2. The maximum atomic E-state index is 12.5. The summed E-state index contributed by atoms with van der Waals surface area (Å²) >= 11 is 5.99. The van der Waals surface area contributed by atoms with Crippen molar-refractivity contribution in [2.24, 2.45) is 0 Å². The molecule has 1 fully saturated rings. The molecule has 1 aliphatic heterocycles. The summed E-state index contributed by atoms with van der Waals surface area (Å²) in [4.78, 5) is 45.3. The predicted octanol–water partition coefficient (Wildman–Crippen LogP) is 3.59. The van der Waals surface area contributed by atoms with Crippen LogP contribution in [0.3, 0.4) is 0 Å². The molecule has 2 aromatic rings. The number of aliphatic carboxylic acids is 1. The smallest absolute Gasteiger partial charge is 0.323 e. The summed E-state index contributed by atoms with van der Waals surface area (Å²) in [5.74, 6) is -1.79. The highest BCUT2D eigenvalue weighted by atomic mass is 32.2. The highest BCUT2D eigenvalue weighted by Gasteiger charge is 2.33. The van der Waals surface area contributed by atoms with Crippen molar-refractivity contribution in [1.82, 2.24) is 4.90 Å². The lowest BCUT2D eigenvalue weighted by atomic mass is 10.1. The fourth-order valence-corrected chi connectivity index (χ4v) is 4.01. The zero-order valence-electron chi connectivity index (χ0n) is 16.6. The molecule has 0 aromatic heterocycles. The number of hydrogen-bond acceptors (Lipinski definition) is 10. The third-order valence-corrected chi connectivity index (χ3v) is 5.60. The molecule has 12 nitrogen and oxygen atoms in total. The molecule has 1 saturated heterocycles. The fourth-order valence-electron chi connectivity index (χ4n) is 2.75. The zero-order chi connectivity index (χ0) is 24.3. The van der Waals surface area contributed by atoms with Crippen LogP contribution in [0.2, 0.25) is 0 Å². The van der Waals surface area contributed by atoms with Gasteiger partial charge < -0.3 is 14.6 Å². The van der Waals surface area contributed by atoms with Crippen LogP contribution in [-0.2, 0) is 9.59 Å². The second kappa shape index (κ2) is 9.62. The van der Waals surface area contributed by atoms with Crippen LogP contribution in [0.1, 0.15) is 5.56 Å². The summed E-state index contributed by atoms with van der Waals surface area (Å²) in [5.41, 5.74) is -0.657. The standard InChI is InChI=1S/C19H13N3O9S2/c1-30-14-4-2-10(7-16-18(25)20(9-17(23)24)19(32)33-16)6-15(14)31-13-5-3-11(21(26)27)8-12(13)22(28)29/h2-8H,9H2,1H3,(H,23,24). The molecule has 1 N–H and O–H groups in total. The molecular formula is C19H13N3O9S2. The molecule has 170 valence electrons. The van der Waals surface area contributed by atoms with Crippen molar-refractivity contribution in [3.8, 4) is 17.2 Å². The summed E-state index contributed by atoms with van der Waals surface area (Å²) in [6, 6.07) is 7.45. The van der Waals surface area contributed by atoms with Crippen molar-refractivity contribution in [2.75, 3.05) is 13.7 Å². The van der Waals surface area contributed by atoms with Crippen molar-refractivity contribution < 1.29 is 34.0 Å². The Bertz CT molecular complexity index is 1230. The lowest BCUT2D eigenvalue weighted by Gasteiger charge is -2.12. The Hall–Kier alpha value is -4.04. The number of amides is 1. The normalized spacial score (nSPS) is 14.5. The summed E-state index contributed by atoms with van der Waals surface area (Å²) in [6.45, 7) is -0.567. The lowest BCUT2D eigenvalue weighted by molar-refractivity contribution is -0.394. The Kier molecular flexibility index (Phi) is 6.89. The van der Waals surface area contributed by atoms with Crippen molar-refractivity contribution in [3.05, 3.63) is 67.1 Å². The maximum absolute atomic E-state index is 12.5. The van der Waals surface area contributed by atoms with E-state index < -0.39 is 39.6 Å². The molecule has 0 spiro atoms. The SMILES string of the molecule is COc1ccc(C=C2SC(=S)N(CC(=O)O)C2=O)cc1Oc1ccc([N+](=O)[O-])cc1[N+](=O)[O-]. The molecule has 0 atom stereocenters. The molecular weight excluding hydrogens is 478 g/mol. The number of hydrogen-bond donors (Lipinski definition) is 1. The number of carboxylic acids is 1. The van der Waals surface area contributed by atoms with E-state index in [1.165, 1.54) is 25.3 Å². The summed E-state index contributed by atoms with van der Waals surface area (Å²) < 4.78 is 10.9. The first-order chi connectivity index (χ1) is 15.6. The molecule has 0 unspecified atom stereocenters. The number of nitrogens with zero attached hydrogens (tertiary/aromatic N) is 3. The average Bonchev–Trinajstić information content (AvgIpc) is 3.01. The van der Waals surface area contributed by atoms with Crippen LogP contribution < -0.4 is 9.47 Å². The van der Waals surface area contributed by atoms with Crippen LogP contribution >= 0.6 is 24.0 Å². The molecule has 0 radical (unpaired) electrons. The number of rotatable bonds is 8. The van der Waals surface area contributed by atoms with Gasteiger partial charge in [-0.1, -0.05) is 30.0 Å². The first-order valence-electron chi connectivity index (χ1n) is 8.86. The topological polar surface area (TPSA) is 162 Å². The van der Waals surface area contributed by atoms with Crippen molar-refractivity contribution >= 4 is 57.6 Å². The summed E-state index contributed by atoms with van der Waals surface area (Å²) in [7, 11) is 1.35. The number of carboxylic acid groups (broad SMARTS) is 1. The Balaban J connectivity index is 1.96. The molecule has 1 amide bonds. The van der Waals surface area contributed by atoms with E-state index in [-0.39, 0.29) is 26.5 Å². The number of non-ortho nitro benzene ring substituents is 1. The van der Waals surface area contributed by atoms with Gasteiger partial charge in [0.1, 0.15) is 10.9 Å². The zero-order valence-corrected chi connectivity index (χ0v) is 18.3. The number of carbonyl (C=O) groups excluding carboxylic acids is 1. The van der Waals surface area contributed by atoms with Crippen LogP contribution in [0.25, 0.3) is 6.08 Å². The number of nitro benzene ring substituents is 2.